The molecule has 0 N–H and O–H groups in total. The fourth-order valence-electron chi connectivity index (χ4n) is 2.92. The highest BCUT2D eigenvalue weighted by Crippen LogP contribution is 2.29. The van der Waals surface area contributed by atoms with Gasteiger partial charge in [-0.2, -0.15) is 10.1 Å². The number of carbonyl (C=O) groups excluding carboxylic acids is 1. The smallest absolute Gasteiger partial charge is 0.281 e. The largest absolute Gasteiger partial charge is 0.462 e. The second kappa shape index (κ2) is 6.96. The van der Waals surface area contributed by atoms with E-state index in [4.69, 9.17) is 4.42 Å². The van der Waals surface area contributed by atoms with Gasteiger partial charge < -0.3 is 4.42 Å². The first-order valence-corrected chi connectivity index (χ1v) is 8.54. The molecular formula is C21H15N3O4. The minimum absolute atomic E-state index is 0.0514. The first-order chi connectivity index (χ1) is 13.5. The van der Waals surface area contributed by atoms with Crippen molar-refractivity contribution in [3.05, 3.63) is 99.5 Å². The number of non-ortho nitro benzene ring substituents is 1. The summed E-state index contributed by atoms with van der Waals surface area (Å²) in [7, 11) is 0. The fraction of sp³-hybridized carbons (Fsp3) is 0.0476. The van der Waals surface area contributed by atoms with Crippen molar-refractivity contribution < 1.29 is 14.1 Å². The van der Waals surface area contributed by atoms with E-state index in [9.17, 15) is 14.9 Å². The van der Waals surface area contributed by atoms with Gasteiger partial charge in [-0.05, 0) is 37.3 Å². The van der Waals surface area contributed by atoms with E-state index in [0.717, 1.165) is 11.3 Å². The van der Waals surface area contributed by atoms with Crippen molar-refractivity contribution in [2.45, 2.75) is 6.92 Å². The van der Waals surface area contributed by atoms with E-state index in [0.29, 0.717) is 22.7 Å². The molecule has 7 nitrogen and oxygen atoms in total. The number of carbonyl (C=O) groups is 1. The first kappa shape index (κ1) is 17.4. The minimum atomic E-state index is -0.487. The molecule has 1 amide bonds. The molecule has 1 aromatic heterocycles. The Labute approximate surface area is 160 Å². The lowest BCUT2D eigenvalue weighted by atomic mass is 10.0. The maximum Gasteiger partial charge on any atom is 0.281 e. The summed E-state index contributed by atoms with van der Waals surface area (Å²) < 4.78 is 5.58. The summed E-state index contributed by atoms with van der Waals surface area (Å²) in [5, 5.41) is 16.6. The Kier molecular flexibility index (Phi) is 4.33. The van der Waals surface area contributed by atoms with Gasteiger partial charge in [-0.15, -0.1) is 0 Å². The average Bonchev–Trinajstić information content (AvgIpc) is 3.26. The van der Waals surface area contributed by atoms with Crippen molar-refractivity contribution >= 4 is 29.1 Å². The normalized spacial score (nSPS) is 15.2. The van der Waals surface area contributed by atoms with Gasteiger partial charge in [0.1, 0.15) is 17.2 Å². The van der Waals surface area contributed by atoms with Crippen molar-refractivity contribution in [2.75, 3.05) is 5.01 Å². The molecular weight excluding hydrogens is 358 g/mol. The topological polar surface area (TPSA) is 89.0 Å². The van der Waals surface area contributed by atoms with E-state index >= 15 is 0 Å². The molecule has 0 saturated heterocycles. The molecule has 1 aliphatic heterocycles. The van der Waals surface area contributed by atoms with E-state index in [1.807, 2.05) is 43.3 Å². The molecule has 2 aromatic carbocycles. The summed E-state index contributed by atoms with van der Waals surface area (Å²) in [5.41, 5.74) is 2.08. The molecule has 0 aliphatic carbocycles. The van der Waals surface area contributed by atoms with Gasteiger partial charge in [0.05, 0.1) is 16.2 Å². The van der Waals surface area contributed by atoms with Crippen molar-refractivity contribution in [1.29, 1.82) is 0 Å². The zero-order valence-corrected chi connectivity index (χ0v) is 14.9. The number of furan rings is 1. The Morgan fingerprint density at radius 3 is 2.36 bits per heavy atom. The third-order valence-corrected chi connectivity index (χ3v) is 4.28. The van der Waals surface area contributed by atoms with Crippen LogP contribution in [0.3, 0.4) is 0 Å². The SMILES string of the molecule is Cc1ccc(/C=C2\C(=O)N(c3ccc([N+](=O)[O-])cc3)N=C2c2ccccc2)o1. The first-order valence-electron chi connectivity index (χ1n) is 8.54. The highest BCUT2D eigenvalue weighted by Gasteiger charge is 2.32. The molecule has 4 rings (SSSR count). The Bertz CT molecular complexity index is 1110. The van der Waals surface area contributed by atoms with Crippen molar-refractivity contribution in [3.63, 3.8) is 0 Å². The molecule has 138 valence electrons. The third-order valence-electron chi connectivity index (χ3n) is 4.28. The predicted octanol–water partition coefficient (Wildman–Crippen LogP) is 4.33. The van der Waals surface area contributed by atoms with Crippen LogP contribution in [-0.4, -0.2) is 16.5 Å². The summed E-state index contributed by atoms with van der Waals surface area (Å²) in [6.45, 7) is 1.83. The number of aryl methyl sites for hydroxylation is 1. The Morgan fingerprint density at radius 1 is 1.04 bits per heavy atom. The van der Waals surface area contributed by atoms with Crippen LogP contribution >= 0.6 is 0 Å². The average molecular weight is 373 g/mol. The number of nitrogens with zero attached hydrogens (tertiary/aromatic N) is 3. The van der Waals surface area contributed by atoms with E-state index in [-0.39, 0.29) is 11.6 Å². The quantitative estimate of drug-likeness (QED) is 0.387. The van der Waals surface area contributed by atoms with Gasteiger partial charge in [-0.25, -0.2) is 0 Å². The highest BCUT2D eigenvalue weighted by atomic mass is 16.6. The number of nitro benzene ring substituents is 1. The predicted molar refractivity (Wildman–Crippen MR) is 105 cm³/mol. The van der Waals surface area contributed by atoms with Crippen molar-refractivity contribution in [2.24, 2.45) is 5.10 Å². The van der Waals surface area contributed by atoms with Gasteiger partial charge >= 0.3 is 0 Å². The van der Waals surface area contributed by atoms with E-state index in [2.05, 4.69) is 5.10 Å². The maximum absolute atomic E-state index is 13.1. The lowest BCUT2D eigenvalue weighted by Gasteiger charge is -2.10. The summed E-state index contributed by atoms with van der Waals surface area (Å²) in [6.07, 6.45) is 1.66. The Morgan fingerprint density at radius 2 is 1.75 bits per heavy atom. The molecule has 0 bridgehead atoms. The van der Waals surface area contributed by atoms with Crippen LogP contribution in [0.1, 0.15) is 17.1 Å². The van der Waals surface area contributed by atoms with Gasteiger partial charge in [0, 0.05) is 17.7 Å². The van der Waals surface area contributed by atoms with Crippen LogP contribution < -0.4 is 5.01 Å². The number of anilines is 1. The maximum atomic E-state index is 13.1. The Hall–Kier alpha value is -4.00. The molecule has 0 saturated carbocycles. The second-order valence-electron chi connectivity index (χ2n) is 6.21. The number of rotatable bonds is 4. The van der Waals surface area contributed by atoms with Gasteiger partial charge in [0.15, 0.2) is 0 Å². The number of hydrogen-bond donors (Lipinski definition) is 0. The zero-order valence-electron chi connectivity index (χ0n) is 14.9. The fourth-order valence-corrected chi connectivity index (χ4v) is 2.92. The Balaban J connectivity index is 1.78. The van der Waals surface area contributed by atoms with Crippen LogP contribution in [0.5, 0.6) is 0 Å². The van der Waals surface area contributed by atoms with Crippen LogP contribution in [0.4, 0.5) is 11.4 Å². The van der Waals surface area contributed by atoms with Crippen molar-refractivity contribution in [3.8, 4) is 0 Å². The summed E-state index contributed by atoms with van der Waals surface area (Å²) in [4.78, 5) is 23.5. The summed E-state index contributed by atoms with van der Waals surface area (Å²) in [5.74, 6) is 0.958. The van der Waals surface area contributed by atoms with E-state index in [1.165, 1.54) is 29.3 Å². The molecule has 1 aliphatic rings. The molecule has 2 heterocycles. The van der Waals surface area contributed by atoms with Crippen LogP contribution in [-0.2, 0) is 4.79 Å². The minimum Gasteiger partial charge on any atom is -0.462 e. The monoisotopic (exact) mass is 373 g/mol. The molecule has 0 fully saturated rings. The molecule has 0 unspecified atom stereocenters. The molecule has 3 aromatic rings. The molecule has 0 spiro atoms. The second-order valence-corrected chi connectivity index (χ2v) is 6.21. The third kappa shape index (κ3) is 3.21. The summed E-state index contributed by atoms with van der Waals surface area (Å²) in [6, 6.07) is 18.6. The van der Waals surface area contributed by atoms with Crippen LogP contribution in [0.25, 0.3) is 6.08 Å². The number of amides is 1. The highest BCUT2D eigenvalue weighted by molar-refractivity contribution is 6.37. The number of hydrogen-bond acceptors (Lipinski definition) is 5. The number of nitro groups is 1. The van der Waals surface area contributed by atoms with E-state index in [1.54, 1.807) is 12.1 Å². The molecule has 0 atom stereocenters. The van der Waals surface area contributed by atoms with Crippen LogP contribution in [0, 0.1) is 17.0 Å². The molecule has 0 radical (unpaired) electrons. The van der Waals surface area contributed by atoms with Gasteiger partial charge in [0.25, 0.3) is 11.6 Å². The lowest BCUT2D eigenvalue weighted by Crippen LogP contribution is -2.21. The van der Waals surface area contributed by atoms with E-state index < -0.39 is 4.92 Å². The van der Waals surface area contributed by atoms with Crippen LogP contribution in [0.15, 0.2) is 81.8 Å². The zero-order chi connectivity index (χ0) is 19.7. The summed E-state index contributed by atoms with van der Waals surface area (Å²) >= 11 is 0. The van der Waals surface area contributed by atoms with Gasteiger partial charge in [-0.3, -0.25) is 14.9 Å². The lowest BCUT2D eigenvalue weighted by molar-refractivity contribution is -0.384. The molecule has 28 heavy (non-hydrogen) atoms. The van der Waals surface area contributed by atoms with Gasteiger partial charge in [0.2, 0.25) is 0 Å². The molecule has 7 heteroatoms. The number of benzene rings is 2. The van der Waals surface area contributed by atoms with Crippen molar-refractivity contribution in [1.82, 2.24) is 0 Å². The van der Waals surface area contributed by atoms with Crippen LogP contribution in [0.2, 0.25) is 0 Å². The van der Waals surface area contributed by atoms with Gasteiger partial charge in [-0.1, -0.05) is 30.3 Å². The number of hydrazone groups is 1. The standard InChI is InChI=1S/C21H15N3O4/c1-14-7-12-18(28-14)13-19-20(15-5-3-2-4-6-15)22-23(21(19)25)16-8-10-17(11-9-16)24(26)27/h2-13H,1H3/b19-13-.